The van der Waals surface area contributed by atoms with Gasteiger partial charge in [0.2, 0.25) is 0 Å². The van der Waals surface area contributed by atoms with Gasteiger partial charge in [0.25, 0.3) is 0 Å². The van der Waals surface area contributed by atoms with Crippen molar-refractivity contribution in [2.45, 2.75) is 26.5 Å². The van der Waals surface area contributed by atoms with Crippen molar-refractivity contribution in [2.24, 2.45) is 4.99 Å². The largest absolute Gasteiger partial charge is 0.497 e. The summed E-state index contributed by atoms with van der Waals surface area (Å²) in [6.07, 6.45) is 0.0000573. The van der Waals surface area contributed by atoms with E-state index in [0.29, 0.717) is 6.54 Å². The van der Waals surface area contributed by atoms with Crippen molar-refractivity contribution in [1.82, 2.24) is 15.2 Å². The van der Waals surface area contributed by atoms with E-state index in [1.807, 2.05) is 45.2 Å². The third kappa shape index (κ3) is 6.99. The Hall–Kier alpha value is -1.55. The number of aromatic nitrogens is 1. The van der Waals surface area contributed by atoms with E-state index in [0.717, 1.165) is 34.7 Å². The van der Waals surface area contributed by atoms with Gasteiger partial charge in [-0.05, 0) is 38.1 Å². The Kier molecular flexibility index (Phi) is 9.71. The zero-order valence-electron chi connectivity index (χ0n) is 15.9. The molecule has 0 aliphatic rings. The molecule has 1 unspecified atom stereocenters. The molecule has 0 radical (unpaired) electrons. The molecule has 1 heterocycles. The monoisotopic (exact) mass is 490 g/mol. The second kappa shape index (κ2) is 11.2. The van der Waals surface area contributed by atoms with Crippen LogP contribution in [0.2, 0.25) is 0 Å². The van der Waals surface area contributed by atoms with E-state index in [1.54, 1.807) is 25.5 Å². The molecule has 6 nitrogen and oxygen atoms in total. The number of halogens is 1. The van der Waals surface area contributed by atoms with E-state index < -0.39 is 0 Å². The average molecular weight is 490 g/mol. The summed E-state index contributed by atoms with van der Waals surface area (Å²) < 4.78 is 11.1. The van der Waals surface area contributed by atoms with E-state index >= 15 is 0 Å². The third-order valence-electron chi connectivity index (χ3n) is 3.58. The summed E-state index contributed by atoms with van der Waals surface area (Å²) in [6, 6.07) is 7.58. The molecule has 0 spiro atoms. The summed E-state index contributed by atoms with van der Waals surface area (Å²) in [6.45, 7) is 5.41. The van der Waals surface area contributed by atoms with Gasteiger partial charge in [0.15, 0.2) is 5.96 Å². The predicted molar refractivity (Wildman–Crippen MR) is 118 cm³/mol. The molecular formula is C18H27IN4O2S. The van der Waals surface area contributed by atoms with E-state index in [2.05, 4.69) is 25.6 Å². The fourth-order valence-corrected chi connectivity index (χ4v) is 2.95. The van der Waals surface area contributed by atoms with Crippen molar-refractivity contribution < 1.29 is 9.47 Å². The van der Waals surface area contributed by atoms with Crippen LogP contribution < -0.4 is 14.8 Å². The summed E-state index contributed by atoms with van der Waals surface area (Å²) in [5.41, 5.74) is 1.05. The lowest BCUT2D eigenvalue weighted by Crippen LogP contribution is -2.42. The quantitative estimate of drug-likeness (QED) is 0.366. The molecule has 0 fully saturated rings. The van der Waals surface area contributed by atoms with Gasteiger partial charge < -0.3 is 19.7 Å². The average Bonchev–Trinajstić information content (AvgIpc) is 3.01. The van der Waals surface area contributed by atoms with Crippen LogP contribution in [0.15, 0.2) is 34.6 Å². The van der Waals surface area contributed by atoms with Gasteiger partial charge >= 0.3 is 0 Å². The number of ether oxygens (including phenoxy) is 2. The summed E-state index contributed by atoms with van der Waals surface area (Å²) in [5, 5.41) is 6.50. The number of aryl methyl sites for hydroxylation is 1. The number of nitrogens with one attached hydrogen (secondary N) is 1. The minimum atomic E-state index is 0. The third-order valence-corrected chi connectivity index (χ3v) is 4.41. The molecule has 0 saturated heterocycles. The van der Waals surface area contributed by atoms with Crippen molar-refractivity contribution in [3.63, 3.8) is 0 Å². The highest BCUT2D eigenvalue weighted by Gasteiger charge is 2.11. The molecule has 26 heavy (non-hydrogen) atoms. The maximum Gasteiger partial charge on any atom is 0.193 e. The molecule has 1 N–H and O–H groups in total. The van der Waals surface area contributed by atoms with Gasteiger partial charge in [0, 0.05) is 19.5 Å². The molecule has 0 amide bonds. The van der Waals surface area contributed by atoms with Crippen LogP contribution in [0.25, 0.3) is 0 Å². The summed E-state index contributed by atoms with van der Waals surface area (Å²) >= 11 is 1.66. The Morgan fingerprint density at radius 2 is 1.96 bits per heavy atom. The molecule has 0 aliphatic heterocycles. The fourth-order valence-electron chi connectivity index (χ4n) is 2.35. The minimum Gasteiger partial charge on any atom is -0.497 e. The number of benzene rings is 1. The van der Waals surface area contributed by atoms with Gasteiger partial charge in [-0.25, -0.2) is 4.98 Å². The standard InChI is InChI=1S/C18H26N4O2S.HI/c1-13(24-17-8-6-16(23-5)7-9-17)10-20-18(19-3)22(4)11-15-12-25-14(2)21-15;/h6-9,12-13H,10-11H2,1-5H3,(H,19,20);1H. The molecule has 2 rings (SSSR count). The van der Waals surface area contributed by atoms with E-state index in [9.17, 15) is 0 Å². The zero-order valence-corrected chi connectivity index (χ0v) is 19.0. The van der Waals surface area contributed by atoms with Crippen molar-refractivity contribution in [1.29, 1.82) is 0 Å². The van der Waals surface area contributed by atoms with Crippen LogP contribution in [0, 0.1) is 6.92 Å². The topological polar surface area (TPSA) is 59.0 Å². The molecule has 0 aliphatic carbocycles. The minimum absolute atomic E-state index is 0. The van der Waals surface area contributed by atoms with Gasteiger partial charge in [0.1, 0.15) is 17.6 Å². The van der Waals surface area contributed by atoms with Crippen LogP contribution in [0.5, 0.6) is 11.5 Å². The number of thiazole rings is 1. The Balaban J connectivity index is 0.00000338. The van der Waals surface area contributed by atoms with Crippen LogP contribution in [-0.2, 0) is 6.54 Å². The number of hydrogen-bond donors (Lipinski definition) is 1. The number of guanidine groups is 1. The maximum absolute atomic E-state index is 5.91. The lowest BCUT2D eigenvalue weighted by molar-refractivity contribution is 0.222. The summed E-state index contributed by atoms with van der Waals surface area (Å²) in [4.78, 5) is 10.9. The highest BCUT2D eigenvalue weighted by molar-refractivity contribution is 14.0. The maximum atomic E-state index is 5.91. The van der Waals surface area contributed by atoms with E-state index in [1.165, 1.54) is 0 Å². The Morgan fingerprint density at radius 3 is 2.50 bits per heavy atom. The van der Waals surface area contributed by atoms with Crippen LogP contribution in [0.1, 0.15) is 17.6 Å². The van der Waals surface area contributed by atoms with Crippen LogP contribution in [-0.4, -0.2) is 49.7 Å². The van der Waals surface area contributed by atoms with Crippen molar-refractivity contribution >= 4 is 41.3 Å². The molecule has 0 saturated carbocycles. The molecule has 2 aromatic rings. The summed E-state index contributed by atoms with van der Waals surface area (Å²) in [5.74, 6) is 2.45. The zero-order chi connectivity index (χ0) is 18.2. The number of hydrogen-bond acceptors (Lipinski definition) is 5. The molecule has 144 valence electrons. The smallest absolute Gasteiger partial charge is 0.193 e. The number of rotatable bonds is 7. The second-order valence-corrected chi connectivity index (χ2v) is 6.81. The normalized spacial score (nSPS) is 12.1. The lowest BCUT2D eigenvalue weighted by Gasteiger charge is -2.23. The van der Waals surface area contributed by atoms with Crippen LogP contribution >= 0.6 is 35.3 Å². The SMILES string of the molecule is CN=C(NCC(C)Oc1ccc(OC)cc1)N(C)Cc1csc(C)n1.I. The Morgan fingerprint density at radius 1 is 1.31 bits per heavy atom. The first-order valence-electron chi connectivity index (χ1n) is 8.15. The Labute approximate surface area is 176 Å². The first-order valence-corrected chi connectivity index (χ1v) is 9.03. The van der Waals surface area contributed by atoms with Crippen LogP contribution in [0.4, 0.5) is 0 Å². The number of methoxy groups -OCH3 is 1. The number of nitrogens with zero attached hydrogens (tertiary/aromatic N) is 3. The molecule has 1 atom stereocenters. The lowest BCUT2D eigenvalue weighted by atomic mass is 10.3. The van der Waals surface area contributed by atoms with Crippen molar-refractivity contribution in [3.05, 3.63) is 40.3 Å². The van der Waals surface area contributed by atoms with Crippen molar-refractivity contribution in [2.75, 3.05) is 27.7 Å². The molecular weight excluding hydrogens is 463 g/mol. The fraction of sp³-hybridized carbons (Fsp3) is 0.444. The van der Waals surface area contributed by atoms with Gasteiger partial charge in [-0.3, -0.25) is 4.99 Å². The highest BCUT2D eigenvalue weighted by atomic mass is 127. The van der Waals surface area contributed by atoms with Gasteiger partial charge in [0.05, 0.1) is 30.9 Å². The van der Waals surface area contributed by atoms with E-state index in [4.69, 9.17) is 9.47 Å². The first kappa shape index (κ1) is 22.5. The second-order valence-electron chi connectivity index (χ2n) is 5.75. The predicted octanol–water partition coefficient (Wildman–Crippen LogP) is 3.55. The Bertz CT molecular complexity index is 691. The van der Waals surface area contributed by atoms with E-state index in [-0.39, 0.29) is 30.1 Å². The number of aliphatic imine (C=N–C) groups is 1. The van der Waals surface area contributed by atoms with Gasteiger partial charge in [-0.2, -0.15) is 0 Å². The van der Waals surface area contributed by atoms with Gasteiger partial charge in [-0.15, -0.1) is 35.3 Å². The first-order chi connectivity index (χ1) is 12.0. The molecule has 1 aromatic carbocycles. The van der Waals surface area contributed by atoms with Gasteiger partial charge in [-0.1, -0.05) is 0 Å². The summed E-state index contributed by atoms with van der Waals surface area (Å²) in [7, 11) is 5.43. The van der Waals surface area contributed by atoms with Crippen LogP contribution in [0.3, 0.4) is 0 Å². The molecule has 0 bridgehead atoms. The molecule has 8 heteroatoms. The molecule has 1 aromatic heterocycles. The van der Waals surface area contributed by atoms with Crippen molar-refractivity contribution in [3.8, 4) is 11.5 Å². The highest BCUT2D eigenvalue weighted by Crippen LogP contribution is 2.18.